The molecular formula is C17H24N2O. The Labute approximate surface area is 121 Å². The topological polar surface area (TPSA) is 32.3 Å². The summed E-state index contributed by atoms with van der Waals surface area (Å²) in [6.45, 7) is 5.12. The fourth-order valence-electron chi connectivity index (χ4n) is 3.43. The third kappa shape index (κ3) is 2.54. The number of amides is 1. The molecule has 2 heterocycles. The highest BCUT2D eigenvalue weighted by atomic mass is 16.2. The zero-order valence-electron chi connectivity index (χ0n) is 12.3. The number of fused-ring (bicyclic) bond motifs is 1. The van der Waals surface area contributed by atoms with E-state index in [1.807, 2.05) is 12.1 Å². The summed E-state index contributed by atoms with van der Waals surface area (Å²) in [5.74, 6) is 1.05. The normalized spacial score (nSPS) is 19.4. The Morgan fingerprint density at radius 2 is 2.15 bits per heavy atom. The Morgan fingerprint density at radius 1 is 1.35 bits per heavy atom. The number of anilines is 1. The molecule has 3 heteroatoms. The number of hydrogen-bond donors (Lipinski definition) is 1. The first-order chi connectivity index (χ1) is 9.79. The highest BCUT2D eigenvalue weighted by Gasteiger charge is 2.25. The summed E-state index contributed by atoms with van der Waals surface area (Å²) in [6.07, 6.45) is 5.71. The highest BCUT2D eigenvalue weighted by molar-refractivity contribution is 5.97. The third-order valence-corrected chi connectivity index (χ3v) is 4.80. The van der Waals surface area contributed by atoms with E-state index >= 15 is 0 Å². The number of benzene rings is 1. The van der Waals surface area contributed by atoms with Gasteiger partial charge in [0.05, 0.1) is 0 Å². The summed E-state index contributed by atoms with van der Waals surface area (Å²) in [6, 6.07) is 6.10. The predicted octanol–water partition coefficient (Wildman–Crippen LogP) is 3.31. The summed E-state index contributed by atoms with van der Waals surface area (Å²) >= 11 is 0. The van der Waals surface area contributed by atoms with Crippen molar-refractivity contribution in [1.29, 1.82) is 0 Å². The first kappa shape index (κ1) is 13.5. The Balaban J connectivity index is 1.78. The van der Waals surface area contributed by atoms with Gasteiger partial charge in [0.25, 0.3) is 5.91 Å². The summed E-state index contributed by atoms with van der Waals surface area (Å²) in [4.78, 5) is 14.8. The lowest BCUT2D eigenvalue weighted by molar-refractivity contribution is 0.0687. The number of nitrogens with zero attached hydrogens (tertiary/aromatic N) is 1. The van der Waals surface area contributed by atoms with Gasteiger partial charge in [-0.15, -0.1) is 0 Å². The van der Waals surface area contributed by atoms with E-state index < -0.39 is 0 Å². The quantitative estimate of drug-likeness (QED) is 0.896. The standard InChI is InChI=1S/C17H24N2O/c1-2-13-8-11-19(12-9-13)17(20)15-5-3-7-16-14(15)6-4-10-18-16/h3,5,7,13,18H,2,4,6,8-12H2,1H3. The average molecular weight is 272 g/mol. The molecule has 1 aromatic rings. The maximum atomic E-state index is 12.8. The SMILES string of the molecule is CCC1CCN(C(=O)c2cccc3c2CCCN3)CC1. The van der Waals surface area contributed by atoms with Gasteiger partial charge in [0.2, 0.25) is 0 Å². The molecular weight excluding hydrogens is 248 g/mol. The van der Waals surface area contributed by atoms with Gasteiger partial charge >= 0.3 is 0 Å². The first-order valence-corrected chi connectivity index (χ1v) is 7.94. The Morgan fingerprint density at radius 3 is 2.90 bits per heavy atom. The number of carbonyl (C=O) groups is 1. The summed E-state index contributed by atoms with van der Waals surface area (Å²) < 4.78 is 0. The second-order valence-corrected chi connectivity index (χ2v) is 6.01. The van der Waals surface area contributed by atoms with Crippen molar-refractivity contribution < 1.29 is 4.79 Å². The summed E-state index contributed by atoms with van der Waals surface area (Å²) in [7, 11) is 0. The third-order valence-electron chi connectivity index (χ3n) is 4.80. The van der Waals surface area contributed by atoms with Gasteiger partial charge in [0, 0.05) is 30.9 Å². The number of rotatable bonds is 2. The zero-order chi connectivity index (χ0) is 13.9. The van der Waals surface area contributed by atoms with Crippen molar-refractivity contribution in [3.05, 3.63) is 29.3 Å². The van der Waals surface area contributed by atoms with E-state index in [2.05, 4.69) is 23.2 Å². The first-order valence-electron chi connectivity index (χ1n) is 7.94. The highest BCUT2D eigenvalue weighted by Crippen LogP contribution is 2.28. The molecule has 0 saturated carbocycles. The van der Waals surface area contributed by atoms with Crippen LogP contribution in [0.25, 0.3) is 0 Å². The van der Waals surface area contributed by atoms with Crippen LogP contribution in [0.1, 0.15) is 48.5 Å². The van der Waals surface area contributed by atoms with Crippen molar-refractivity contribution in [3.8, 4) is 0 Å². The molecule has 108 valence electrons. The van der Waals surface area contributed by atoms with Crippen LogP contribution in [0.15, 0.2) is 18.2 Å². The van der Waals surface area contributed by atoms with Crippen molar-refractivity contribution >= 4 is 11.6 Å². The maximum Gasteiger partial charge on any atom is 0.254 e. The summed E-state index contributed by atoms with van der Waals surface area (Å²) in [5, 5.41) is 3.41. The molecule has 0 atom stereocenters. The Bertz CT molecular complexity index is 490. The van der Waals surface area contributed by atoms with Gasteiger partial charge in [0.1, 0.15) is 0 Å². The minimum atomic E-state index is 0.236. The summed E-state index contributed by atoms with van der Waals surface area (Å²) in [5.41, 5.74) is 3.30. The second-order valence-electron chi connectivity index (χ2n) is 6.01. The number of carbonyl (C=O) groups excluding carboxylic acids is 1. The van der Waals surface area contributed by atoms with Crippen molar-refractivity contribution in [2.45, 2.75) is 39.0 Å². The van der Waals surface area contributed by atoms with Crippen LogP contribution in [-0.2, 0) is 6.42 Å². The molecule has 0 radical (unpaired) electrons. The second kappa shape index (κ2) is 5.86. The fraction of sp³-hybridized carbons (Fsp3) is 0.588. The minimum absolute atomic E-state index is 0.236. The molecule has 0 spiro atoms. The lowest BCUT2D eigenvalue weighted by atomic mass is 9.92. The van der Waals surface area contributed by atoms with Gasteiger partial charge in [0.15, 0.2) is 0 Å². The smallest absolute Gasteiger partial charge is 0.254 e. The van der Waals surface area contributed by atoms with Gasteiger partial charge in [-0.05, 0) is 49.3 Å². The van der Waals surface area contributed by atoms with E-state index in [1.165, 1.54) is 12.0 Å². The average Bonchev–Trinajstić information content (AvgIpc) is 2.54. The van der Waals surface area contributed by atoms with Crippen LogP contribution in [0.3, 0.4) is 0 Å². The number of likely N-dealkylation sites (tertiary alicyclic amines) is 1. The molecule has 2 aliphatic heterocycles. The Hall–Kier alpha value is -1.51. The molecule has 1 aromatic carbocycles. The van der Waals surface area contributed by atoms with E-state index in [0.717, 1.165) is 62.5 Å². The molecule has 1 amide bonds. The lowest BCUT2D eigenvalue weighted by Gasteiger charge is -2.32. The number of piperidine rings is 1. The van der Waals surface area contributed by atoms with E-state index in [9.17, 15) is 4.79 Å². The van der Waals surface area contributed by atoms with Crippen LogP contribution in [0.5, 0.6) is 0 Å². The van der Waals surface area contributed by atoms with Gasteiger partial charge < -0.3 is 10.2 Å². The van der Waals surface area contributed by atoms with Crippen LogP contribution in [0.2, 0.25) is 0 Å². The van der Waals surface area contributed by atoms with Gasteiger partial charge in [-0.1, -0.05) is 19.4 Å². The maximum absolute atomic E-state index is 12.8. The molecule has 0 unspecified atom stereocenters. The molecule has 1 fully saturated rings. The fourth-order valence-corrected chi connectivity index (χ4v) is 3.43. The molecule has 3 nitrogen and oxygen atoms in total. The van der Waals surface area contributed by atoms with Crippen molar-refractivity contribution in [2.75, 3.05) is 25.0 Å². The molecule has 0 aromatic heterocycles. The molecule has 0 aliphatic carbocycles. The van der Waals surface area contributed by atoms with E-state index in [4.69, 9.17) is 0 Å². The predicted molar refractivity (Wildman–Crippen MR) is 82.2 cm³/mol. The minimum Gasteiger partial charge on any atom is -0.385 e. The molecule has 2 aliphatic rings. The number of hydrogen-bond acceptors (Lipinski definition) is 2. The van der Waals surface area contributed by atoms with Crippen molar-refractivity contribution in [2.24, 2.45) is 5.92 Å². The van der Waals surface area contributed by atoms with Crippen molar-refractivity contribution in [1.82, 2.24) is 4.90 Å². The number of nitrogens with one attached hydrogen (secondary N) is 1. The van der Waals surface area contributed by atoms with Gasteiger partial charge in [-0.2, -0.15) is 0 Å². The molecule has 3 rings (SSSR count). The van der Waals surface area contributed by atoms with Crippen LogP contribution in [0, 0.1) is 5.92 Å². The molecule has 0 bridgehead atoms. The van der Waals surface area contributed by atoms with Crippen molar-refractivity contribution in [3.63, 3.8) is 0 Å². The molecule has 20 heavy (non-hydrogen) atoms. The van der Waals surface area contributed by atoms with Gasteiger partial charge in [-0.3, -0.25) is 4.79 Å². The zero-order valence-corrected chi connectivity index (χ0v) is 12.3. The van der Waals surface area contributed by atoms with E-state index in [-0.39, 0.29) is 5.91 Å². The van der Waals surface area contributed by atoms with Crippen LogP contribution >= 0.6 is 0 Å². The van der Waals surface area contributed by atoms with Crippen LogP contribution in [0.4, 0.5) is 5.69 Å². The van der Waals surface area contributed by atoms with E-state index in [1.54, 1.807) is 0 Å². The van der Waals surface area contributed by atoms with E-state index in [0.29, 0.717) is 0 Å². The molecule has 1 N–H and O–H groups in total. The lowest BCUT2D eigenvalue weighted by Crippen LogP contribution is -2.39. The Kier molecular flexibility index (Phi) is 3.95. The largest absolute Gasteiger partial charge is 0.385 e. The van der Waals surface area contributed by atoms with Gasteiger partial charge in [-0.25, -0.2) is 0 Å². The molecule has 1 saturated heterocycles. The van der Waals surface area contributed by atoms with Crippen LogP contribution < -0.4 is 5.32 Å². The van der Waals surface area contributed by atoms with Crippen LogP contribution in [-0.4, -0.2) is 30.4 Å². The monoisotopic (exact) mass is 272 g/mol.